The van der Waals surface area contributed by atoms with E-state index in [1.807, 2.05) is 20.8 Å². The Balaban J connectivity index is 2.40. The van der Waals surface area contributed by atoms with Gasteiger partial charge in [-0.25, -0.2) is 13.6 Å². The zero-order valence-corrected chi connectivity index (χ0v) is 13.5. The summed E-state index contributed by atoms with van der Waals surface area (Å²) in [4.78, 5) is 11.7. The number of benzene rings is 1. The van der Waals surface area contributed by atoms with Crippen molar-refractivity contribution in [3.05, 3.63) is 29.8 Å². The molecule has 0 aliphatic rings. The van der Waals surface area contributed by atoms with Gasteiger partial charge in [-0.05, 0) is 38.5 Å². The van der Waals surface area contributed by atoms with Crippen LogP contribution >= 0.6 is 0 Å². The molecule has 1 rings (SSSR count). The van der Waals surface area contributed by atoms with E-state index in [-0.39, 0.29) is 16.3 Å². The Bertz CT molecular complexity index is 574. The Labute approximate surface area is 126 Å². The van der Waals surface area contributed by atoms with E-state index in [9.17, 15) is 13.2 Å². The molecule has 7 heteroatoms. The van der Waals surface area contributed by atoms with Gasteiger partial charge in [0.25, 0.3) is 0 Å². The predicted octanol–water partition coefficient (Wildman–Crippen LogP) is 0.728. The zero-order valence-electron chi connectivity index (χ0n) is 12.6. The minimum Gasteiger partial charge on any atom is -0.352 e. The van der Waals surface area contributed by atoms with Gasteiger partial charge in [-0.3, -0.25) is 4.79 Å². The Kier molecular flexibility index (Phi) is 5.88. The van der Waals surface area contributed by atoms with Crippen LogP contribution in [0.25, 0.3) is 0 Å². The van der Waals surface area contributed by atoms with Crippen molar-refractivity contribution in [2.24, 2.45) is 5.14 Å². The third-order valence-electron chi connectivity index (χ3n) is 2.75. The van der Waals surface area contributed by atoms with Crippen LogP contribution in [0.15, 0.2) is 29.2 Å². The van der Waals surface area contributed by atoms with Gasteiger partial charge < -0.3 is 10.6 Å². The highest BCUT2D eigenvalue weighted by Crippen LogP contribution is 2.08. The van der Waals surface area contributed by atoms with E-state index < -0.39 is 10.0 Å². The number of hydrogen-bond donors (Lipinski definition) is 3. The fourth-order valence-electron chi connectivity index (χ4n) is 1.64. The van der Waals surface area contributed by atoms with Crippen LogP contribution in [0.3, 0.4) is 0 Å². The molecule has 0 fully saturated rings. The molecular weight excluding hydrogens is 290 g/mol. The largest absolute Gasteiger partial charge is 0.352 e. The molecule has 0 unspecified atom stereocenters. The summed E-state index contributed by atoms with van der Waals surface area (Å²) in [5.74, 6) is -0.0535. The SMILES string of the molecule is CC(C)(C)NCCC(=O)NCc1ccc(S(N)(=O)=O)cc1. The first-order valence-electron chi connectivity index (χ1n) is 6.71. The van der Waals surface area contributed by atoms with Crippen molar-refractivity contribution in [2.45, 2.75) is 44.2 Å². The van der Waals surface area contributed by atoms with Gasteiger partial charge in [0, 0.05) is 25.0 Å². The van der Waals surface area contributed by atoms with Gasteiger partial charge in [-0.1, -0.05) is 12.1 Å². The number of nitrogens with two attached hydrogens (primary N) is 1. The minimum absolute atomic E-state index is 0.0101. The van der Waals surface area contributed by atoms with Gasteiger partial charge in [0.1, 0.15) is 0 Å². The Hall–Kier alpha value is -1.44. The van der Waals surface area contributed by atoms with E-state index in [4.69, 9.17) is 5.14 Å². The molecular formula is C14H23N3O3S. The van der Waals surface area contributed by atoms with Crippen LogP contribution < -0.4 is 15.8 Å². The standard InChI is InChI=1S/C14H23N3O3S/c1-14(2,3)17-9-8-13(18)16-10-11-4-6-12(7-5-11)21(15,19)20/h4-7,17H,8-10H2,1-3H3,(H,16,18)(H2,15,19,20). The molecule has 1 amide bonds. The second-order valence-electron chi connectivity index (χ2n) is 5.89. The first kappa shape index (κ1) is 17.6. The predicted molar refractivity (Wildman–Crippen MR) is 82.0 cm³/mol. The number of sulfonamides is 1. The fraction of sp³-hybridized carbons (Fsp3) is 0.500. The molecule has 4 N–H and O–H groups in total. The third kappa shape index (κ3) is 7.22. The van der Waals surface area contributed by atoms with E-state index in [1.54, 1.807) is 12.1 Å². The van der Waals surface area contributed by atoms with Crippen LogP contribution in [0.4, 0.5) is 0 Å². The molecule has 0 aliphatic heterocycles. The van der Waals surface area contributed by atoms with Crippen molar-refractivity contribution in [2.75, 3.05) is 6.54 Å². The highest BCUT2D eigenvalue weighted by atomic mass is 32.2. The van der Waals surface area contributed by atoms with Crippen molar-refractivity contribution >= 4 is 15.9 Å². The lowest BCUT2D eigenvalue weighted by molar-refractivity contribution is -0.121. The molecule has 0 aliphatic carbocycles. The summed E-state index contributed by atoms with van der Waals surface area (Å²) in [5.41, 5.74) is 0.809. The van der Waals surface area contributed by atoms with Gasteiger partial charge in [-0.15, -0.1) is 0 Å². The molecule has 21 heavy (non-hydrogen) atoms. The van der Waals surface area contributed by atoms with Gasteiger partial charge in [0.05, 0.1) is 4.90 Å². The average molecular weight is 313 g/mol. The van der Waals surface area contributed by atoms with Gasteiger partial charge in [0.2, 0.25) is 15.9 Å². The van der Waals surface area contributed by atoms with Crippen molar-refractivity contribution in [1.82, 2.24) is 10.6 Å². The molecule has 0 saturated carbocycles. The molecule has 0 radical (unpaired) electrons. The van der Waals surface area contributed by atoms with Crippen LogP contribution in [0, 0.1) is 0 Å². The molecule has 6 nitrogen and oxygen atoms in total. The molecule has 0 spiro atoms. The van der Waals surface area contributed by atoms with Crippen molar-refractivity contribution in [1.29, 1.82) is 0 Å². The van der Waals surface area contributed by atoms with E-state index in [0.29, 0.717) is 19.5 Å². The lowest BCUT2D eigenvalue weighted by Gasteiger charge is -2.20. The van der Waals surface area contributed by atoms with Crippen LogP contribution in [-0.2, 0) is 21.4 Å². The minimum atomic E-state index is -3.67. The monoisotopic (exact) mass is 313 g/mol. The molecule has 0 saturated heterocycles. The van der Waals surface area contributed by atoms with Crippen molar-refractivity contribution < 1.29 is 13.2 Å². The van der Waals surface area contributed by atoms with Crippen LogP contribution in [0.5, 0.6) is 0 Å². The second-order valence-corrected chi connectivity index (χ2v) is 7.45. The molecule has 1 aromatic carbocycles. The maximum Gasteiger partial charge on any atom is 0.238 e. The van der Waals surface area contributed by atoms with Gasteiger partial charge in [0.15, 0.2) is 0 Å². The van der Waals surface area contributed by atoms with E-state index in [0.717, 1.165) is 5.56 Å². The summed E-state index contributed by atoms with van der Waals surface area (Å²) in [6.07, 6.45) is 0.395. The summed E-state index contributed by atoms with van der Waals surface area (Å²) in [6, 6.07) is 6.12. The third-order valence-corrected chi connectivity index (χ3v) is 3.68. The van der Waals surface area contributed by atoms with Crippen LogP contribution in [0.2, 0.25) is 0 Å². The number of rotatable bonds is 6. The summed E-state index contributed by atoms with van der Waals surface area (Å²) in [6.45, 7) is 7.09. The van der Waals surface area contributed by atoms with E-state index in [1.165, 1.54) is 12.1 Å². The maximum absolute atomic E-state index is 11.7. The number of hydrogen-bond acceptors (Lipinski definition) is 4. The Morgan fingerprint density at radius 3 is 2.24 bits per heavy atom. The van der Waals surface area contributed by atoms with Crippen molar-refractivity contribution in [3.8, 4) is 0 Å². The Morgan fingerprint density at radius 2 is 1.76 bits per heavy atom. The number of nitrogens with one attached hydrogen (secondary N) is 2. The summed E-state index contributed by atoms with van der Waals surface area (Å²) < 4.78 is 22.2. The van der Waals surface area contributed by atoms with E-state index >= 15 is 0 Å². The molecule has 0 bridgehead atoms. The highest BCUT2D eigenvalue weighted by molar-refractivity contribution is 7.89. The normalized spacial score (nSPS) is 12.2. The topological polar surface area (TPSA) is 101 Å². The number of primary sulfonamides is 1. The summed E-state index contributed by atoms with van der Waals surface area (Å²) >= 11 is 0. The lowest BCUT2D eigenvalue weighted by Crippen LogP contribution is -2.38. The average Bonchev–Trinajstić information content (AvgIpc) is 2.34. The summed E-state index contributed by atoms with van der Waals surface area (Å²) in [5, 5.41) is 11.0. The number of carbonyl (C=O) groups excluding carboxylic acids is 1. The van der Waals surface area contributed by atoms with Crippen molar-refractivity contribution in [3.63, 3.8) is 0 Å². The lowest BCUT2D eigenvalue weighted by atomic mass is 10.1. The van der Waals surface area contributed by atoms with Crippen LogP contribution in [-0.4, -0.2) is 26.4 Å². The fourth-order valence-corrected chi connectivity index (χ4v) is 2.15. The molecule has 0 heterocycles. The first-order chi connectivity index (χ1) is 9.58. The number of amides is 1. The number of carbonyl (C=O) groups is 1. The molecule has 0 aromatic heterocycles. The van der Waals surface area contributed by atoms with Crippen LogP contribution in [0.1, 0.15) is 32.8 Å². The first-order valence-corrected chi connectivity index (χ1v) is 8.26. The Morgan fingerprint density at radius 1 is 1.19 bits per heavy atom. The highest BCUT2D eigenvalue weighted by Gasteiger charge is 2.10. The molecule has 0 atom stereocenters. The van der Waals surface area contributed by atoms with Gasteiger partial charge >= 0.3 is 0 Å². The summed E-state index contributed by atoms with van der Waals surface area (Å²) in [7, 11) is -3.67. The second kappa shape index (κ2) is 7.02. The molecule has 118 valence electrons. The maximum atomic E-state index is 11.7. The molecule has 1 aromatic rings. The smallest absolute Gasteiger partial charge is 0.238 e. The van der Waals surface area contributed by atoms with Gasteiger partial charge in [-0.2, -0.15) is 0 Å². The zero-order chi connectivity index (χ0) is 16.1. The van der Waals surface area contributed by atoms with E-state index in [2.05, 4.69) is 10.6 Å². The quantitative estimate of drug-likeness (QED) is 0.720.